The van der Waals surface area contributed by atoms with Crippen LogP contribution >= 0.6 is 0 Å². The van der Waals surface area contributed by atoms with Crippen LogP contribution in [0.4, 0.5) is 5.69 Å². The van der Waals surface area contributed by atoms with Crippen LogP contribution in [0.15, 0.2) is 30.5 Å². The summed E-state index contributed by atoms with van der Waals surface area (Å²) in [5.41, 5.74) is 1.13. The van der Waals surface area contributed by atoms with Crippen molar-refractivity contribution >= 4 is 16.6 Å². The predicted molar refractivity (Wildman–Crippen MR) is 82.5 cm³/mol. The van der Waals surface area contributed by atoms with Crippen molar-refractivity contribution in [2.24, 2.45) is 0 Å². The lowest BCUT2D eigenvalue weighted by Crippen LogP contribution is -2.45. The summed E-state index contributed by atoms with van der Waals surface area (Å²) in [5.74, 6) is 0. The quantitative estimate of drug-likeness (QED) is 0.636. The number of fused-ring (bicyclic) bond motifs is 1. The number of hydrogen-bond acceptors (Lipinski definition) is 4. The van der Waals surface area contributed by atoms with E-state index in [0.29, 0.717) is 0 Å². The van der Waals surface area contributed by atoms with Gasteiger partial charge in [-0.15, -0.1) is 0 Å². The maximum atomic E-state index is 11.0. The highest BCUT2D eigenvalue weighted by atomic mass is 16.6. The Kier molecular flexibility index (Phi) is 3.90. The smallest absolute Gasteiger partial charge is 0.278 e. The van der Waals surface area contributed by atoms with Gasteiger partial charge in [0.05, 0.1) is 15.8 Å². The van der Waals surface area contributed by atoms with Gasteiger partial charge in [-0.1, -0.05) is 6.07 Å². The fourth-order valence-electron chi connectivity index (χ4n) is 2.88. The van der Waals surface area contributed by atoms with E-state index >= 15 is 0 Å². The third-order valence-electron chi connectivity index (χ3n) is 4.24. The molecule has 0 amide bonds. The molecule has 1 aromatic carbocycles. The molecule has 0 unspecified atom stereocenters. The minimum Gasteiger partial charge on any atom is -0.346 e. The van der Waals surface area contributed by atoms with E-state index in [9.17, 15) is 10.1 Å². The fourth-order valence-corrected chi connectivity index (χ4v) is 2.88. The zero-order chi connectivity index (χ0) is 14.8. The molecule has 6 heteroatoms. The summed E-state index contributed by atoms with van der Waals surface area (Å²) in [6, 6.07) is 7.11. The van der Waals surface area contributed by atoms with Crippen LogP contribution in [0.1, 0.15) is 0 Å². The fraction of sp³-hybridized carbons (Fsp3) is 0.467. The van der Waals surface area contributed by atoms with Gasteiger partial charge < -0.3 is 9.47 Å². The van der Waals surface area contributed by atoms with Crippen LogP contribution in [0.25, 0.3) is 10.9 Å². The number of rotatable bonds is 4. The minimum atomic E-state index is -0.312. The number of nitro benzene ring substituents is 1. The first kappa shape index (κ1) is 14.0. The topological polar surface area (TPSA) is 54.5 Å². The number of hydrogen-bond donors (Lipinski definition) is 0. The van der Waals surface area contributed by atoms with Crippen molar-refractivity contribution in [2.75, 3.05) is 39.8 Å². The van der Waals surface area contributed by atoms with E-state index in [1.54, 1.807) is 12.1 Å². The lowest BCUT2D eigenvalue weighted by atomic mass is 10.2. The van der Waals surface area contributed by atoms with Gasteiger partial charge in [0.1, 0.15) is 0 Å². The summed E-state index contributed by atoms with van der Waals surface area (Å²) in [7, 11) is 2.15. The number of likely N-dealkylation sites (N-methyl/N-ethyl adjacent to an activating group) is 1. The lowest BCUT2D eigenvalue weighted by molar-refractivity contribution is -0.383. The number of aromatic nitrogens is 1. The van der Waals surface area contributed by atoms with Crippen LogP contribution in [-0.4, -0.2) is 59.1 Å². The van der Waals surface area contributed by atoms with Crippen molar-refractivity contribution in [3.8, 4) is 0 Å². The molecule has 1 aliphatic heterocycles. The van der Waals surface area contributed by atoms with Gasteiger partial charge >= 0.3 is 0 Å². The maximum absolute atomic E-state index is 11.0. The maximum Gasteiger partial charge on any atom is 0.278 e. The predicted octanol–water partition coefficient (Wildman–Crippen LogP) is 1.80. The first-order valence-electron chi connectivity index (χ1n) is 7.28. The van der Waals surface area contributed by atoms with Crippen molar-refractivity contribution in [3.63, 3.8) is 0 Å². The summed E-state index contributed by atoms with van der Waals surface area (Å²) in [5, 5.41) is 11.8. The third-order valence-corrected chi connectivity index (χ3v) is 4.24. The second kappa shape index (κ2) is 5.83. The van der Waals surface area contributed by atoms with Gasteiger partial charge in [-0.25, -0.2) is 0 Å². The summed E-state index contributed by atoms with van der Waals surface area (Å²) in [6.45, 7) is 6.26. The molecule has 0 saturated carbocycles. The third kappa shape index (κ3) is 2.91. The van der Waals surface area contributed by atoms with Crippen LogP contribution in [0, 0.1) is 10.1 Å². The Morgan fingerprint density at radius 2 is 1.90 bits per heavy atom. The van der Waals surface area contributed by atoms with Gasteiger partial charge in [-0.05, 0) is 19.2 Å². The molecule has 1 aromatic heterocycles. The molecule has 6 nitrogen and oxygen atoms in total. The molecule has 0 spiro atoms. The summed E-state index contributed by atoms with van der Waals surface area (Å²) >= 11 is 0. The number of nitro groups is 1. The molecule has 3 rings (SSSR count). The van der Waals surface area contributed by atoms with Crippen molar-refractivity contribution < 1.29 is 4.92 Å². The zero-order valence-corrected chi connectivity index (χ0v) is 12.2. The molecule has 0 bridgehead atoms. The highest BCUT2D eigenvalue weighted by Gasteiger charge is 2.16. The van der Waals surface area contributed by atoms with Gasteiger partial charge in [0.2, 0.25) is 0 Å². The van der Waals surface area contributed by atoms with Gasteiger partial charge in [-0.2, -0.15) is 0 Å². The van der Waals surface area contributed by atoms with Gasteiger partial charge in [0.25, 0.3) is 5.69 Å². The van der Waals surface area contributed by atoms with Crippen LogP contribution in [0.3, 0.4) is 0 Å². The van der Waals surface area contributed by atoms with Crippen LogP contribution in [0.5, 0.6) is 0 Å². The minimum absolute atomic E-state index is 0.186. The Hall–Kier alpha value is -1.92. The number of nitrogens with zero attached hydrogens (tertiary/aromatic N) is 4. The van der Waals surface area contributed by atoms with Gasteiger partial charge in [0.15, 0.2) is 0 Å². The molecule has 0 aliphatic carbocycles. The molecule has 21 heavy (non-hydrogen) atoms. The van der Waals surface area contributed by atoms with Gasteiger partial charge in [0, 0.05) is 51.5 Å². The Morgan fingerprint density at radius 1 is 1.14 bits per heavy atom. The van der Waals surface area contributed by atoms with E-state index in [1.165, 1.54) is 0 Å². The molecule has 1 fully saturated rings. The highest BCUT2D eigenvalue weighted by molar-refractivity contribution is 5.89. The second-order valence-electron chi connectivity index (χ2n) is 5.62. The Balaban J connectivity index is 1.73. The lowest BCUT2D eigenvalue weighted by Gasteiger charge is -2.32. The monoisotopic (exact) mass is 288 g/mol. The molecule has 2 heterocycles. The Bertz CT molecular complexity index is 644. The van der Waals surface area contributed by atoms with E-state index in [2.05, 4.69) is 21.4 Å². The van der Waals surface area contributed by atoms with E-state index in [1.807, 2.05) is 18.3 Å². The van der Waals surface area contributed by atoms with Crippen LogP contribution < -0.4 is 0 Å². The molecule has 1 aliphatic rings. The Morgan fingerprint density at radius 3 is 2.62 bits per heavy atom. The van der Waals surface area contributed by atoms with E-state index in [4.69, 9.17) is 0 Å². The first-order valence-corrected chi connectivity index (χ1v) is 7.28. The SMILES string of the molecule is CN1CCN(CCn2ccc3c([N+](=O)[O-])cccc32)CC1. The van der Waals surface area contributed by atoms with Crippen LogP contribution in [0.2, 0.25) is 0 Å². The largest absolute Gasteiger partial charge is 0.346 e. The second-order valence-corrected chi connectivity index (χ2v) is 5.62. The molecule has 0 atom stereocenters. The molecular weight excluding hydrogens is 268 g/mol. The standard InChI is InChI=1S/C15H20N4O2/c1-16-7-9-17(10-8-16)11-12-18-6-5-13-14(18)3-2-4-15(13)19(20)21/h2-6H,7-12H2,1H3. The van der Waals surface area contributed by atoms with Crippen molar-refractivity contribution in [2.45, 2.75) is 6.54 Å². The highest BCUT2D eigenvalue weighted by Crippen LogP contribution is 2.26. The molecule has 2 aromatic rings. The van der Waals surface area contributed by atoms with Crippen molar-refractivity contribution in [3.05, 3.63) is 40.6 Å². The number of piperazine rings is 1. The zero-order valence-electron chi connectivity index (χ0n) is 12.2. The molecule has 1 saturated heterocycles. The van der Waals surface area contributed by atoms with Crippen molar-refractivity contribution in [1.82, 2.24) is 14.4 Å². The number of non-ortho nitro benzene ring substituents is 1. The summed E-state index contributed by atoms with van der Waals surface area (Å²) < 4.78 is 2.11. The molecule has 112 valence electrons. The van der Waals surface area contributed by atoms with E-state index < -0.39 is 0 Å². The van der Waals surface area contributed by atoms with Crippen LogP contribution in [-0.2, 0) is 6.54 Å². The van der Waals surface area contributed by atoms with E-state index in [0.717, 1.165) is 50.2 Å². The number of benzene rings is 1. The molecule has 0 N–H and O–H groups in total. The summed E-state index contributed by atoms with van der Waals surface area (Å²) in [4.78, 5) is 15.5. The first-order chi connectivity index (χ1) is 10.1. The summed E-state index contributed by atoms with van der Waals surface area (Å²) in [6.07, 6.45) is 1.95. The average molecular weight is 288 g/mol. The van der Waals surface area contributed by atoms with Crippen molar-refractivity contribution in [1.29, 1.82) is 0 Å². The normalized spacial score (nSPS) is 17.4. The Labute approximate surface area is 123 Å². The molecule has 0 radical (unpaired) electrons. The van der Waals surface area contributed by atoms with E-state index in [-0.39, 0.29) is 10.6 Å². The average Bonchev–Trinajstić information content (AvgIpc) is 2.89. The van der Waals surface area contributed by atoms with Gasteiger partial charge in [-0.3, -0.25) is 15.0 Å². The molecular formula is C15H20N4O2.